The number of morpholine rings is 1. The Morgan fingerprint density at radius 1 is 1.05 bits per heavy atom. The molecule has 2 aliphatic rings. The molecule has 37 heavy (non-hydrogen) atoms. The van der Waals surface area contributed by atoms with Crippen molar-refractivity contribution < 1.29 is 17.9 Å². The van der Waals surface area contributed by atoms with Crippen molar-refractivity contribution in [2.45, 2.75) is 25.2 Å². The fourth-order valence-electron chi connectivity index (χ4n) is 4.71. The van der Waals surface area contributed by atoms with E-state index >= 15 is 0 Å². The second kappa shape index (κ2) is 11.7. The van der Waals surface area contributed by atoms with E-state index in [1.165, 1.54) is 11.3 Å². The van der Waals surface area contributed by atoms with Gasteiger partial charge >= 0.3 is 0 Å². The van der Waals surface area contributed by atoms with Gasteiger partial charge in [-0.25, -0.2) is 17.7 Å². The first-order chi connectivity index (χ1) is 18.0. The van der Waals surface area contributed by atoms with Gasteiger partial charge in [-0.2, -0.15) is 0 Å². The molecule has 0 unspecified atom stereocenters. The Morgan fingerprint density at radius 2 is 1.81 bits per heavy atom. The first kappa shape index (κ1) is 25.8. The van der Waals surface area contributed by atoms with E-state index in [0.29, 0.717) is 51.3 Å². The van der Waals surface area contributed by atoms with Gasteiger partial charge in [0.1, 0.15) is 5.69 Å². The Bertz CT molecular complexity index is 1300. The number of carbonyl (C=O) groups is 1. The molecule has 0 atom stereocenters. The zero-order chi connectivity index (χ0) is 25.7. The van der Waals surface area contributed by atoms with E-state index in [-0.39, 0.29) is 17.6 Å². The standard InChI is InChI=1S/C26H31N5O4S2/c32-25(28-22-6-1-2-7-24(22)30-14-16-35-17-15-30)23-19-36-26(29-23)20-8-12-31(13-9-20)37(33,34)18-10-21-5-3-4-11-27-21/h1-7,11,19-20H,8-10,12-18H2,(H,28,32). The number of hydrogen-bond acceptors (Lipinski definition) is 8. The Balaban J connectivity index is 1.17. The highest BCUT2D eigenvalue weighted by Crippen LogP contribution is 2.32. The van der Waals surface area contributed by atoms with Crippen molar-refractivity contribution in [2.75, 3.05) is 55.4 Å². The third kappa shape index (κ3) is 6.35. The van der Waals surface area contributed by atoms with Gasteiger partial charge in [0.25, 0.3) is 5.91 Å². The lowest BCUT2D eigenvalue weighted by molar-refractivity contribution is 0.102. The average molecular weight is 542 g/mol. The number of rotatable bonds is 8. The molecule has 4 heterocycles. The van der Waals surface area contributed by atoms with Crippen LogP contribution in [0.4, 0.5) is 11.4 Å². The summed E-state index contributed by atoms with van der Waals surface area (Å²) in [5, 5.41) is 5.70. The number of pyridine rings is 1. The van der Waals surface area contributed by atoms with Crippen molar-refractivity contribution in [2.24, 2.45) is 0 Å². The Morgan fingerprint density at radius 3 is 2.57 bits per heavy atom. The molecule has 0 spiro atoms. The van der Waals surface area contributed by atoms with Crippen LogP contribution in [0.1, 0.15) is 39.9 Å². The maximum absolute atomic E-state index is 13.0. The second-order valence-electron chi connectivity index (χ2n) is 9.20. The fourth-order valence-corrected chi connectivity index (χ4v) is 7.18. The summed E-state index contributed by atoms with van der Waals surface area (Å²) >= 11 is 1.47. The highest BCUT2D eigenvalue weighted by molar-refractivity contribution is 7.89. The predicted octanol–water partition coefficient (Wildman–Crippen LogP) is 3.38. The zero-order valence-corrected chi connectivity index (χ0v) is 22.2. The fraction of sp³-hybridized carbons (Fsp3) is 0.423. The molecule has 0 aliphatic carbocycles. The lowest BCUT2D eigenvalue weighted by Crippen LogP contribution is -2.39. The van der Waals surface area contributed by atoms with E-state index in [1.807, 2.05) is 42.5 Å². The highest BCUT2D eigenvalue weighted by Gasteiger charge is 2.30. The lowest BCUT2D eigenvalue weighted by atomic mass is 9.99. The number of nitrogens with one attached hydrogen (secondary N) is 1. The minimum atomic E-state index is -3.34. The molecule has 0 radical (unpaired) electrons. The highest BCUT2D eigenvalue weighted by atomic mass is 32.2. The lowest BCUT2D eigenvalue weighted by Gasteiger charge is -2.30. The molecule has 2 fully saturated rings. The molecule has 1 N–H and O–H groups in total. The molecular formula is C26H31N5O4S2. The molecule has 9 nitrogen and oxygen atoms in total. The van der Waals surface area contributed by atoms with Crippen LogP contribution in [-0.2, 0) is 21.2 Å². The van der Waals surface area contributed by atoms with Crippen molar-refractivity contribution in [3.8, 4) is 0 Å². The van der Waals surface area contributed by atoms with Gasteiger partial charge in [0.2, 0.25) is 10.0 Å². The normalized spacial score (nSPS) is 17.6. The molecule has 1 amide bonds. The molecular weight excluding hydrogens is 510 g/mol. The van der Waals surface area contributed by atoms with Gasteiger partial charge < -0.3 is 15.0 Å². The number of aromatic nitrogens is 2. The van der Waals surface area contributed by atoms with Crippen molar-refractivity contribution in [3.05, 3.63) is 70.4 Å². The maximum atomic E-state index is 13.0. The van der Waals surface area contributed by atoms with Crippen LogP contribution in [0.15, 0.2) is 54.0 Å². The van der Waals surface area contributed by atoms with Crippen LogP contribution in [0.5, 0.6) is 0 Å². The van der Waals surface area contributed by atoms with Crippen molar-refractivity contribution in [3.63, 3.8) is 0 Å². The SMILES string of the molecule is O=C(Nc1ccccc1N1CCOCC1)c1csc(C2CCN(S(=O)(=O)CCc3ccccn3)CC2)n1. The monoisotopic (exact) mass is 541 g/mol. The van der Waals surface area contributed by atoms with Crippen LogP contribution >= 0.6 is 11.3 Å². The van der Waals surface area contributed by atoms with Gasteiger partial charge in [-0.05, 0) is 37.1 Å². The number of anilines is 2. The van der Waals surface area contributed by atoms with Gasteiger partial charge in [-0.1, -0.05) is 18.2 Å². The largest absolute Gasteiger partial charge is 0.378 e. The van der Waals surface area contributed by atoms with Gasteiger partial charge in [0, 0.05) is 55.8 Å². The third-order valence-electron chi connectivity index (χ3n) is 6.80. The van der Waals surface area contributed by atoms with E-state index < -0.39 is 10.0 Å². The van der Waals surface area contributed by atoms with E-state index in [4.69, 9.17) is 4.74 Å². The minimum Gasteiger partial charge on any atom is -0.378 e. The molecule has 3 aromatic rings. The van der Waals surface area contributed by atoms with Crippen LogP contribution in [0.2, 0.25) is 0 Å². The smallest absolute Gasteiger partial charge is 0.275 e. The number of ether oxygens (including phenoxy) is 1. The number of piperidine rings is 1. The van der Waals surface area contributed by atoms with Crippen LogP contribution < -0.4 is 10.2 Å². The third-order valence-corrected chi connectivity index (χ3v) is 9.68. The zero-order valence-electron chi connectivity index (χ0n) is 20.6. The van der Waals surface area contributed by atoms with Crippen LogP contribution in [0, 0.1) is 0 Å². The predicted molar refractivity (Wildman–Crippen MR) is 145 cm³/mol. The summed E-state index contributed by atoms with van der Waals surface area (Å²) in [5.74, 6) is -0.0329. The molecule has 2 aliphatic heterocycles. The van der Waals surface area contributed by atoms with E-state index in [9.17, 15) is 13.2 Å². The molecule has 11 heteroatoms. The summed E-state index contributed by atoms with van der Waals surface area (Å²) in [5.41, 5.74) is 2.91. The van der Waals surface area contributed by atoms with Crippen molar-refractivity contribution in [1.82, 2.24) is 14.3 Å². The minimum absolute atomic E-state index is 0.0577. The second-order valence-corrected chi connectivity index (χ2v) is 12.2. The van der Waals surface area contributed by atoms with Crippen LogP contribution in [0.3, 0.4) is 0 Å². The number of carbonyl (C=O) groups excluding carboxylic acids is 1. The van der Waals surface area contributed by atoms with Crippen LogP contribution in [-0.4, -0.2) is 73.7 Å². The summed E-state index contributed by atoms with van der Waals surface area (Å²) in [4.78, 5) is 24.1. The molecule has 0 bridgehead atoms. The number of thiazole rings is 1. The number of amides is 1. The van der Waals surface area contributed by atoms with E-state index in [2.05, 4.69) is 20.2 Å². The summed E-state index contributed by atoms with van der Waals surface area (Å²) in [6.45, 7) is 3.83. The topological polar surface area (TPSA) is 105 Å². The molecule has 196 valence electrons. The number of benzene rings is 1. The number of hydrogen-bond donors (Lipinski definition) is 1. The van der Waals surface area contributed by atoms with Crippen molar-refractivity contribution >= 4 is 38.6 Å². The summed E-state index contributed by atoms with van der Waals surface area (Å²) in [6, 6.07) is 13.3. The van der Waals surface area contributed by atoms with Gasteiger partial charge in [0.15, 0.2) is 0 Å². The molecule has 5 rings (SSSR count). The number of sulfonamides is 1. The summed E-state index contributed by atoms with van der Waals surface area (Å²) in [6.07, 6.45) is 3.47. The molecule has 0 saturated carbocycles. The van der Waals surface area contributed by atoms with Crippen LogP contribution in [0.25, 0.3) is 0 Å². The van der Waals surface area contributed by atoms with E-state index in [0.717, 1.165) is 35.2 Å². The number of para-hydroxylation sites is 2. The van der Waals surface area contributed by atoms with E-state index in [1.54, 1.807) is 15.9 Å². The van der Waals surface area contributed by atoms with Crippen molar-refractivity contribution in [1.29, 1.82) is 0 Å². The quantitative estimate of drug-likeness (QED) is 0.466. The Hall–Kier alpha value is -2.86. The van der Waals surface area contributed by atoms with Gasteiger partial charge in [-0.3, -0.25) is 9.78 Å². The Kier molecular flexibility index (Phi) is 8.14. The molecule has 1 aromatic carbocycles. The number of nitrogens with zero attached hydrogens (tertiary/aromatic N) is 4. The first-order valence-electron chi connectivity index (χ1n) is 12.6. The Labute approximate surface area is 221 Å². The summed E-state index contributed by atoms with van der Waals surface area (Å²) in [7, 11) is -3.34. The average Bonchev–Trinajstić information content (AvgIpc) is 3.44. The van der Waals surface area contributed by atoms with Gasteiger partial charge in [0.05, 0.1) is 35.3 Å². The summed E-state index contributed by atoms with van der Waals surface area (Å²) < 4.78 is 32.7. The molecule has 2 saturated heterocycles. The first-order valence-corrected chi connectivity index (χ1v) is 15.0. The maximum Gasteiger partial charge on any atom is 0.275 e. The van der Waals surface area contributed by atoms with Gasteiger partial charge in [-0.15, -0.1) is 11.3 Å². The molecule has 2 aromatic heterocycles. The number of aryl methyl sites for hydroxylation is 1.